The van der Waals surface area contributed by atoms with Gasteiger partial charge in [0.05, 0.1) is 11.1 Å². The number of fused-ring (bicyclic) bond motifs is 1. The van der Waals surface area contributed by atoms with Crippen molar-refractivity contribution in [3.63, 3.8) is 0 Å². The molecule has 1 amide bonds. The number of rotatable bonds is 10. The molecule has 1 saturated heterocycles. The van der Waals surface area contributed by atoms with Crippen molar-refractivity contribution in [1.82, 2.24) is 19.4 Å². The van der Waals surface area contributed by atoms with Crippen LogP contribution in [-0.4, -0.2) is 50.9 Å². The summed E-state index contributed by atoms with van der Waals surface area (Å²) in [6, 6.07) is 17.8. The summed E-state index contributed by atoms with van der Waals surface area (Å²) in [4.78, 5) is 35.9. The minimum Gasteiger partial charge on any atom is -0.334 e. The number of hydrogen-bond donors (Lipinski definition) is 0. The van der Waals surface area contributed by atoms with Crippen LogP contribution in [0.5, 0.6) is 0 Å². The number of halogens is 5. The van der Waals surface area contributed by atoms with Crippen molar-refractivity contribution < 1.29 is 26.7 Å². The Balaban J connectivity index is 1.27. The van der Waals surface area contributed by atoms with E-state index in [0.717, 1.165) is 61.8 Å². The smallest absolute Gasteiger partial charge is 0.334 e. The quantitative estimate of drug-likeness (QED) is 0.141. The Hall–Kier alpha value is -4.42. The van der Waals surface area contributed by atoms with Gasteiger partial charge >= 0.3 is 6.18 Å². The molecule has 0 spiro atoms. The SMILES string of the molecule is CCN1CCC(N(Cc2ccc(-c3ccc(C(F)(F)F)cc3)cc2)C(=O)Cn2c(CCc3cccc(F)c3F)cc(=O)c3scnc32)CC1. The molecule has 49 heavy (non-hydrogen) atoms. The van der Waals surface area contributed by atoms with E-state index in [-0.39, 0.29) is 42.3 Å². The topological polar surface area (TPSA) is 58.4 Å². The Morgan fingerprint density at radius 1 is 0.959 bits per heavy atom. The van der Waals surface area contributed by atoms with Crippen LogP contribution in [0.1, 0.15) is 42.1 Å². The lowest BCUT2D eigenvalue weighted by atomic mass is 10.00. The van der Waals surface area contributed by atoms with E-state index >= 15 is 0 Å². The number of thiazole rings is 1. The lowest BCUT2D eigenvalue weighted by Crippen LogP contribution is -2.48. The van der Waals surface area contributed by atoms with E-state index in [1.54, 1.807) is 10.1 Å². The number of nitrogens with zero attached hydrogens (tertiary/aromatic N) is 4. The van der Waals surface area contributed by atoms with Crippen LogP contribution in [0.2, 0.25) is 0 Å². The molecule has 256 valence electrons. The van der Waals surface area contributed by atoms with E-state index in [2.05, 4.69) is 16.8 Å². The lowest BCUT2D eigenvalue weighted by Gasteiger charge is -2.38. The third kappa shape index (κ3) is 7.75. The fourth-order valence-electron chi connectivity index (χ4n) is 6.46. The third-order valence-corrected chi connectivity index (χ3v) is 10.1. The molecule has 6 rings (SSSR count). The van der Waals surface area contributed by atoms with Gasteiger partial charge in [0.2, 0.25) is 11.3 Å². The molecular weight excluding hydrogens is 659 g/mol. The van der Waals surface area contributed by atoms with Crippen molar-refractivity contribution in [3.8, 4) is 11.1 Å². The zero-order valence-electron chi connectivity index (χ0n) is 26.9. The normalized spacial score (nSPS) is 14.4. The van der Waals surface area contributed by atoms with E-state index in [1.165, 1.54) is 41.7 Å². The van der Waals surface area contributed by atoms with Gasteiger partial charge in [0.15, 0.2) is 17.3 Å². The molecule has 5 aromatic rings. The Kier molecular flexibility index (Phi) is 10.3. The highest BCUT2D eigenvalue weighted by Gasteiger charge is 2.31. The first-order chi connectivity index (χ1) is 23.5. The molecule has 0 unspecified atom stereocenters. The van der Waals surface area contributed by atoms with Crippen LogP contribution < -0.4 is 5.43 Å². The summed E-state index contributed by atoms with van der Waals surface area (Å²) in [6.07, 6.45) is -2.53. The number of amides is 1. The van der Waals surface area contributed by atoms with Crippen LogP contribution in [-0.2, 0) is 36.9 Å². The van der Waals surface area contributed by atoms with Crippen LogP contribution >= 0.6 is 11.3 Å². The number of alkyl halides is 3. The number of carbonyl (C=O) groups is 1. The zero-order valence-corrected chi connectivity index (χ0v) is 27.7. The van der Waals surface area contributed by atoms with Gasteiger partial charge in [-0.15, -0.1) is 11.3 Å². The molecule has 1 aliphatic rings. The van der Waals surface area contributed by atoms with Crippen LogP contribution in [0.3, 0.4) is 0 Å². The number of piperidine rings is 1. The van der Waals surface area contributed by atoms with E-state index in [4.69, 9.17) is 0 Å². The van der Waals surface area contributed by atoms with E-state index in [9.17, 15) is 31.5 Å². The van der Waals surface area contributed by atoms with Gasteiger partial charge in [-0.25, -0.2) is 13.8 Å². The van der Waals surface area contributed by atoms with Crippen molar-refractivity contribution in [2.45, 2.75) is 57.9 Å². The molecule has 3 heterocycles. The maximum Gasteiger partial charge on any atom is 0.416 e. The first-order valence-electron chi connectivity index (χ1n) is 16.2. The van der Waals surface area contributed by atoms with Crippen molar-refractivity contribution in [3.05, 3.63) is 123 Å². The Bertz CT molecular complexity index is 1980. The van der Waals surface area contributed by atoms with Gasteiger partial charge in [0.1, 0.15) is 11.2 Å². The molecule has 0 radical (unpaired) electrons. The molecule has 1 aliphatic heterocycles. The van der Waals surface area contributed by atoms with Crippen molar-refractivity contribution >= 4 is 27.6 Å². The van der Waals surface area contributed by atoms with Gasteiger partial charge in [0, 0.05) is 37.4 Å². The number of likely N-dealkylation sites (tertiary alicyclic amines) is 1. The number of aromatic nitrogens is 2. The molecule has 0 saturated carbocycles. The number of carbonyl (C=O) groups excluding carboxylic acids is 1. The number of hydrogen-bond acceptors (Lipinski definition) is 5. The fourth-order valence-corrected chi connectivity index (χ4v) is 7.17. The van der Waals surface area contributed by atoms with Gasteiger partial charge in [0.25, 0.3) is 0 Å². The first kappa shape index (κ1) is 34.4. The molecule has 12 heteroatoms. The first-order valence-corrected chi connectivity index (χ1v) is 17.1. The second kappa shape index (κ2) is 14.6. The van der Waals surface area contributed by atoms with Gasteiger partial charge < -0.3 is 14.4 Å². The van der Waals surface area contributed by atoms with Crippen molar-refractivity contribution in [2.75, 3.05) is 19.6 Å². The average Bonchev–Trinajstić information content (AvgIpc) is 3.60. The Labute approximate surface area is 284 Å². The molecule has 2 aromatic heterocycles. The number of pyridine rings is 1. The predicted molar refractivity (Wildman–Crippen MR) is 180 cm³/mol. The molecule has 0 bridgehead atoms. The van der Waals surface area contributed by atoms with Crippen LogP contribution in [0.4, 0.5) is 22.0 Å². The minimum absolute atomic E-state index is 0.0416. The highest BCUT2D eigenvalue weighted by Crippen LogP contribution is 2.31. The lowest BCUT2D eigenvalue weighted by molar-refractivity contribution is -0.137. The summed E-state index contributed by atoms with van der Waals surface area (Å²) in [7, 11) is 0. The Morgan fingerprint density at radius 2 is 1.63 bits per heavy atom. The van der Waals surface area contributed by atoms with Crippen molar-refractivity contribution in [1.29, 1.82) is 0 Å². The second-order valence-corrected chi connectivity index (χ2v) is 13.1. The summed E-state index contributed by atoms with van der Waals surface area (Å²) in [5.74, 6) is -2.05. The largest absolute Gasteiger partial charge is 0.416 e. The van der Waals surface area contributed by atoms with Crippen LogP contribution in [0, 0.1) is 11.6 Å². The Morgan fingerprint density at radius 3 is 2.29 bits per heavy atom. The summed E-state index contributed by atoms with van der Waals surface area (Å²) in [5, 5.41) is 0. The van der Waals surface area contributed by atoms with Gasteiger partial charge in [-0.2, -0.15) is 13.2 Å². The summed E-state index contributed by atoms with van der Waals surface area (Å²) < 4.78 is 69.7. The molecule has 6 nitrogen and oxygen atoms in total. The van der Waals surface area contributed by atoms with E-state index in [1.807, 2.05) is 29.2 Å². The highest BCUT2D eigenvalue weighted by atomic mass is 32.1. The summed E-state index contributed by atoms with van der Waals surface area (Å²) in [6.45, 7) is 4.92. The molecule has 0 aliphatic carbocycles. The monoisotopic (exact) mass is 694 g/mol. The summed E-state index contributed by atoms with van der Waals surface area (Å²) >= 11 is 1.19. The van der Waals surface area contributed by atoms with E-state index in [0.29, 0.717) is 28.1 Å². The molecular formula is C37H35F5N4O2S. The zero-order chi connectivity index (χ0) is 34.7. The van der Waals surface area contributed by atoms with Crippen LogP contribution in [0.15, 0.2) is 83.1 Å². The summed E-state index contributed by atoms with van der Waals surface area (Å²) in [5.41, 5.74) is 3.92. The second-order valence-electron chi connectivity index (χ2n) is 12.3. The maximum absolute atomic E-state index is 14.5. The molecule has 1 fully saturated rings. The van der Waals surface area contributed by atoms with Gasteiger partial charge in [-0.3, -0.25) is 9.59 Å². The number of benzene rings is 3. The molecule has 0 N–H and O–H groups in total. The number of aryl methyl sites for hydroxylation is 2. The minimum atomic E-state index is -4.41. The average molecular weight is 695 g/mol. The fraction of sp³-hybridized carbons (Fsp3) is 0.324. The molecule has 3 aromatic carbocycles. The molecule has 0 atom stereocenters. The highest BCUT2D eigenvalue weighted by molar-refractivity contribution is 7.16. The maximum atomic E-state index is 14.5. The van der Waals surface area contributed by atoms with Crippen LogP contribution in [0.25, 0.3) is 21.5 Å². The van der Waals surface area contributed by atoms with Gasteiger partial charge in [-0.1, -0.05) is 55.5 Å². The van der Waals surface area contributed by atoms with E-state index < -0.39 is 23.4 Å². The third-order valence-electron chi connectivity index (χ3n) is 9.27. The predicted octanol–water partition coefficient (Wildman–Crippen LogP) is 7.72. The van der Waals surface area contributed by atoms with Gasteiger partial charge in [-0.05, 0) is 72.7 Å². The standard InChI is InChI=1S/C37H35F5N4O2S/c1-2-44-18-16-29(17-19-44)45(21-24-6-8-25(9-7-24)26-10-13-28(14-11-26)37(40,41)42)33(48)22-46-30(20-32(47)35-36(46)43-23-49-35)15-12-27-4-3-5-31(38)34(27)39/h3-11,13-14,20,23,29H,2,12,15-19,21-22H2,1H3. The van der Waals surface area contributed by atoms with Crippen molar-refractivity contribution in [2.24, 2.45) is 0 Å².